The maximum Gasteiger partial charge on any atom is 0.416 e. The van der Waals surface area contributed by atoms with Gasteiger partial charge in [-0.25, -0.2) is 19.7 Å². The number of anilines is 2. The summed E-state index contributed by atoms with van der Waals surface area (Å²) in [6.45, 7) is 5.78. The largest absolute Gasteiger partial charge is 0.438 e. The Labute approximate surface area is 258 Å². The topological polar surface area (TPSA) is 113 Å². The molecule has 5 rings (SSSR count). The van der Waals surface area contributed by atoms with Crippen LogP contribution < -0.4 is 15.4 Å². The molecule has 4 aromatic rings. The van der Waals surface area contributed by atoms with Crippen LogP contribution in [0.4, 0.5) is 29.3 Å². The summed E-state index contributed by atoms with van der Waals surface area (Å²) in [6.07, 6.45) is -0.749. The van der Waals surface area contributed by atoms with Gasteiger partial charge in [0, 0.05) is 61.9 Å². The van der Waals surface area contributed by atoms with E-state index in [2.05, 4.69) is 25.6 Å². The number of ether oxygens (including phenoxy) is 1. The predicted octanol–water partition coefficient (Wildman–Crippen LogP) is 6.25. The molecule has 0 radical (unpaired) electrons. The molecule has 10 nitrogen and oxygen atoms in total. The van der Waals surface area contributed by atoms with Gasteiger partial charge < -0.3 is 25.2 Å². The van der Waals surface area contributed by atoms with E-state index >= 15 is 0 Å². The summed E-state index contributed by atoms with van der Waals surface area (Å²) in [5.41, 5.74) is 1.06. The zero-order valence-corrected chi connectivity index (χ0v) is 25.0. The van der Waals surface area contributed by atoms with Gasteiger partial charge in [0.2, 0.25) is 5.88 Å². The number of piperazine rings is 1. The average Bonchev–Trinajstić information content (AvgIpc) is 3.02. The third-order valence-corrected chi connectivity index (χ3v) is 7.26. The fourth-order valence-corrected chi connectivity index (χ4v) is 4.80. The third kappa shape index (κ3) is 7.73. The summed E-state index contributed by atoms with van der Waals surface area (Å²) >= 11 is 0. The number of rotatable bonds is 7. The number of carbonyl (C=O) groups is 2. The van der Waals surface area contributed by atoms with Gasteiger partial charge in [-0.2, -0.15) is 13.2 Å². The normalized spacial score (nSPS) is 13.8. The Kier molecular flexibility index (Phi) is 9.28. The van der Waals surface area contributed by atoms with Gasteiger partial charge in [-0.1, -0.05) is 6.92 Å². The Hall–Kier alpha value is -5.04. The molecule has 1 saturated heterocycles. The van der Waals surface area contributed by atoms with Crippen molar-refractivity contribution in [3.05, 3.63) is 89.5 Å². The number of benzene rings is 2. The second-order valence-electron chi connectivity index (χ2n) is 10.6. The van der Waals surface area contributed by atoms with E-state index in [9.17, 15) is 22.8 Å². The minimum Gasteiger partial charge on any atom is -0.438 e. The molecule has 2 aromatic carbocycles. The van der Waals surface area contributed by atoms with Crippen molar-refractivity contribution >= 4 is 23.3 Å². The van der Waals surface area contributed by atoms with Gasteiger partial charge in [0.15, 0.2) is 0 Å². The molecule has 2 N–H and O–H groups in total. The lowest BCUT2D eigenvalue weighted by Crippen LogP contribution is -2.47. The van der Waals surface area contributed by atoms with Gasteiger partial charge in [-0.15, -0.1) is 0 Å². The minimum atomic E-state index is -4.71. The zero-order valence-electron chi connectivity index (χ0n) is 25.0. The highest BCUT2D eigenvalue weighted by atomic mass is 19.4. The molecule has 0 atom stereocenters. The van der Waals surface area contributed by atoms with Gasteiger partial charge in [0.25, 0.3) is 5.91 Å². The minimum absolute atomic E-state index is 0.149. The first kappa shape index (κ1) is 31.4. The number of carbonyl (C=O) groups excluding carboxylic acids is 2. The number of hydrogen-bond acceptors (Lipinski definition) is 7. The van der Waals surface area contributed by atoms with Crippen molar-refractivity contribution in [1.29, 1.82) is 0 Å². The number of halogens is 3. The van der Waals surface area contributed by atoms with E-state index in [-0.39, 0.29) is 11.3 Å². The van der Waals surface area contributed by atoms with E-state index in [4.69, 9.17) is 4.74 Å². The third-order valence-electron chi connectivity index (χ3n) is 7.26. The lowest BCUT2D eigenvalue weighted by Gasteiger charge is -2.32. The van der Waals surface area contributed by atoms with Crippen molar-refractivity contribution < 1.29 is 27.5 Å². The molecule has 234 valence electrons. The van der Waals surface area contributed by atoms with E-state index in [1.54, 1.807) is 49.6 Å². The molecule has 1 aliphatic heterocycles. The highest BCUT2D eigenvalue weighted by Gasteiger charge is 2.33. The van der Waals surface area contributed by atoms with Crippen LogP contribution in [0.1, 0.15) is 34.2 Å². The Morgan fingerprint density at radius 3 is 2.40 bits per heavy atom. The highest BCUT2D eigenvalue weighted by molar-refractivity contribution is 6.01. The van der Waals surface area contributed by atoms with Crippen LogP contribution in [0.25, 0.3) is 11.3 Å². The quantitative estimate of drug-likeness (QED) is 0.251. The van der Waals surface area contributed by atoms with E-state index in [0.29, 0.717) is 72.6 Å². The molecule has 0 bridgehead atoms. The number of nitrogens with one attached hydrogen (secondary N) is 2. The summed E-state index contributed by atoms with van der Waals surface area (Å²) in [5, 5.41) is 5.06. The molecule has 45 heavy (non-hydrogen) atoms. The van der Waals surface area contributed by atoms with Gasteiger partial charge >= 0.3 is 12.2 Å². The molecule has 13 heteroatoms. The van der Waals surface area contributed by atoms with E-state index in [1.807, 2.05) is 24.9 Å². The molecule has 3 amide bonds. The first-order chi connectivity index (χ1) is 21.5. The first-order valence-electron chi connectivity index (χ1n) is 14.3. The van der Waals surface area contributed by atoms with Crippen LogP contribution in [0.5, 0.6) is 11.6 Å². The lowest BCUT2D eigenvalue weighted by atomic mass is 10.1. The van der Waals surface area contributed by atoms with Crippen molar-refractivity contribution in [2.24, 2.45) is 0 Å². The van der Waals surface area contributed by atoms with Crippen LogP contribution in [-0.2, 0) is 12.6 Å². The standard InChI is InChI=1S/C32H32F3N7O3/c1-4-28-36-11-9-26(40-28)25-6-5-10-37-29(25)45-27-8-7-23(16-20(27)2)38-31(44)39-24-18-21(17-22(19-24)32(33,34)35)30(43)42-14-12-41(3)13-15-42/h5-11,16-19H,4,12-15H2,1-3H3,(H2,38,39,44). The highest BCUT2D eigenvalue weighted by Crippen LogP contribution is 2.34. The van der Waals surface area contributed by atoms with Crippen LogP contribution >= 0.6 is 0 Å². The number of urea groups is 1. The molecule has 3 heterocycles. The van der Waals surface area contributed by atoms with Crippen molar-refractivity contribution in [2.45, 2.75) is 26.4 Å². The number of amides is 3. The summed E-state index contributed by atoms with van der Waals surface area (Å²) in [5.74, 6) is 0.988. The molecular weight excluding hydrogens is 587 g/mol. The van der Waals surface area contributed by atoms with Gasteiger partial charge in [-0.3, -0.25) is 4.79 Å². The zero-order chi connectivity index (χ0) is 32.1. The maximum atomic E-state index is 13.7. The summed E-state index contributed by atoms with van der Waals surface area (Å²) in [7, 11) is 1.91. The van der Waals surface area contributed by atoms with Crippen LogP contribution in [0.15, 0.2) is 67.0 Å². The fourth-order valence-electron chi connectivity index (χ4n) is 4.80. The number of pyridine rings is 1. The molecule has 1 fully saturated rings. The molecule has 1 aliphatic rings. The molecule has 0 unspecified atom stereocenters. The fraction of sp³-hybridized carbons (Fsp3) is 0.281. The second kappa shape index (κ2) is 13.3. The summed E-state index contributed by atoms with van der Waals surface area (Å²) < 4.78 is 47.2. The summed E-state index contributed by atoms with van der Waals surface area (Å²) in [4.78, 5) is 42.6. The maximum absolute atomic E-state index is 13.7. The van der Waals surface area contributed by atoms with Crippen LogP contribution in [-0.4, -0.2) is 69.9 Å². The number of aryl methyl sites for hydroxylation is 2. The Morgan fingerprint density at radius 1 is 0.933 bits per heavy atom. The smallest absolute Gasteiger partial charge is 0.416 e. The van der Waals surface area contributed by atoms with E-state index in [1.165, 1.54) is 11.0 Å². The van der Waals surface area contributed by atoms with Crippen LogP contribution in [0.3, 0.4) is 0 Å². The van der Waals surface area contributed by atoms with Crippen molar-refractivity contribution in [1.82, 2.24) is 24.8 Å². The Bertz CT molecular complexity index is 1710. The molecule has 0 aliphatic carbocycles. The van der Waals surface area contributed by atoms with E-state index < -0.39 is 23.7 Å². The Balaban J connectivity index is 1.30. The second-order valence-corrected chi connectivity index (χ2v) is 10.6. The first-order valence-corrected chi connectivity index (χ1v) is 14.3. The SMILES string of the molecule is CCc1nccc(-c2cccnc2Oc2ccc(NC(=O)Nc3cc(C(=O)N4CCN(C)CC4)cc(C(F)(F)F)c3)cc2C)n1. The number of nitrogens with zero attached hydrogens (tertiary/aromatic N) is 5. The van der Waals surface area contributed by atoms with Crippen LogP contribution in [0, 0.1) is 6.92 Å². The van der Waals surface area contributed by atoms with Gasteiger partial charge in [-0.05, 0) is 74.1 Å². The molecule has 2 aromatic heterocycles. The van der Waals surface area contributed by atoms with Gasteiger partial charge in [0.05, 0.1) is 16.8 Å². The number of aromatic nitrogens is 3. The average molecular weight is 620 g/mol. The Morgan fingerprint density at radius 2 is 1.69 bits per heavy atom. The van der Waals surface area contributed by atoms with Gasteiger partial charge in [0.1, 0.15) is 11.6 Å². The molecule has 0 saturated carbocycles. The van der Waals surface area contributed by atoms with E-state index in [0.717, 1.165) is 12.1 Å². The number of likely N-dealkylation sites (N-methyl/N-ethyl adjacent to an activating group) is 1. The number of alkyl halides is 3. The molecular formula is C32H32F3N7O3. The monoisotopic (exact) mass is 619 g/mol. The van der Waals surface area contributed by atoms with Crippen molar-refractivity contribution in [2.75, 3.05) is 43.9 Å². The van der Waals surface area contributed by atoms with Crippen molar-refractivity contribution in [3.8, 4) is 22.9 Å². The molecule has 0 spiro atoms. The summed E-state index contributed by atoms with van der Waals surface area (Å²) in [6, 6.07) is 12.4. The number of hydrogen-bond donors (Lipinski definition) is 2. The van der Waals surface area contributed by atoms with Crippen molar-refractivity contribution in [3.63, 3.8) is 0 Å². The predicted molar refractivity (Wildman–Crippen MR) is 163 cm³/mol. The lowest BCUT2D eigenvalue weighted by molar-refractivity contribution is -0.137. The van der Waals surface area contributed by atoms with Crippen LogP contribution in [0.2, 0.25) is 0 Å².